The Hall–Kier alpha value is -1.74. The first-order chi connectivity index (χ1) is 10.1. The van der Waals surface area contributed by atoms with Crippen LogP contribution in [-0.2, 0) is 15.9 Å². The third-order valence-electron chi connectivity index (χ3n) is 3.93. The molecule has 5 N–H and O–H groups in total. The van der Waals surface area contributed by atoms with Gasteiger partial charge in [-0.05, 0) is 6.42 Å². The summed E-state index contributed by atoms with van der Waals surface area (Å²) in [5.74, 6) is 0.0257. The molecule has 1 aromatic rings. The van der Waals surface area contributed by atoms with E-state index >= 15 is 0 Å². The maximum absolute atomic E-state index is 11.9. The van der Waals surface area contributed by atoms with Gasteiger partial charge in [-0.2, -0.15) is 0 Å². The van der Waals surface area contributed by atoms with Crippen molar-refractivity contribution in [1.82, 2.24) is 9.97 Å². The zero-order valence-corrected chi connectivity index (χ0v) is 11.4. The minimum atomic E-state index is -0.950. The predicted octanol–water partition coefficient (Wildman–Crippen LogP) is -1.57. The van der Waals surface area contributed by atoms with Crippen LogP contribution in [0.5, 0.6) is 0 Å². The number of anilines is 1. The standard InChI is InChI=1S/C13H17N3O5/c1-20-11-9(18)7(4-17)21-10(11)5-2-3-6-8(5)15-13(14)16-12(6)19/h2,7,9-11,17-18H,3-4H2,1H3,(H3,14,15,16,19)/t7-,9?,10+,11+/m1/s1. The second-order valence-corrected chi connectivity index (χ2v) is 5.11. The van der Waals surface area contributed by atoms with Gasteiger partial charge < -0.3 is 25.4 Å². The van der Waals surface area contributed by atoms with Crippen LogP contribution >= 0.6 is 0 Å². The van der Waals surface area contributed by atoms with Crippen molar-refractivity contribution in [3.63, 3.8) is 0 Å². The molecule has 1 fully saturated rings. The van der Waals surface area contributed by atoms with E-state index in [-0.39, 0.29) is 18.1 Å². The smallest absolute Gasteiger partial charge is 0.256 e. The Morgan fingerprint density at radius 3 is 3.05 bits per heavy atom. The molecule has 2 aliphatic rings. The van der Waals surface area contributed by atoms with Crippen molar-refractivity contribution in [2.45, 2.75) is 30.8 Å². The van der Waals surface area contributed by atoms with Crippen LogP contribution in [0.3, 0.4) is 0 Å². The quantitative estimate of drug-likeness (QED) is 0.529. The molecule has 1 unspecified atom stereocenters. The Balaban J connectivity index is 1.99. The Morgan fingerprint density at radius 1 is 1.62 bits per heavy atom. The van der Waals surface area contributed by atoms with Gasteiger partial charge in [0.25, 0.3) is 5.56 Å². The van der Waals surface area contributed by atoms with Gasteiger partial charge in [0.05, 0.1) is 12.3 Å². The van der Waals surface area contributed by atoms with Gasteiger partial charge in [-0.3, -0.25) is 9.78 Å². The number of aromatic nitrogens is 2. The molecule has 0 spiro atoms. The van der Waals surface area contributed by atoms with E-state index in [0.29, 0.717) is 23.3 Å². The molecule has 0 saturated carbocycles. The highest BCUT2D eigenvalue weighted by molar-refractivity contribution is 5.74. The number of allylic oxidation sites excluding steroid dienone is 1. The fraction of sp³-hybridized carbons (Fsp3) is 0.538. The first-order valence-electron chi connectivity index (χ1n) is 6.63. The van der Waals surface area contributed by atoms with Gasteiger partial charge in [-0.1, -0.05) is 6.08 Å². The molecule has 3 rings (SSSR count). The van der Waals surface area contributed by atoms with Crippen molar-refractivity contribution in [2.24, 2.45) is 0 Å². The summed E-state index contributed by atoms with van der Waals surface area (Å²) >= 11 is 0. The number of fused-ring (bicyclic) bond motifs is 1. The molecule has 0 radical (unpaired) electrons. The number of aliphatic hydroxyl groups excluding tert-OH is 2. The van der Waals surface area contributed by atoms with E-state index in [0.717, 1.165) is 0 Å². The number of aliphatic hydroxyl groups is 2. The van der Waals surface area contributed by atoms with Crippen LogP contribution in [-0.4, -0.2) is 58.3 Å². The fourth-order valence-electron chi connectivity index (χ4n) is 2.90. The minimum absolute atomic E-state index is 0.0257. The monoisotopic (exact) mass is 295 g/mol. The highest BCUT2D eigenvalue weighted by Gasteiger charge is 2.46. The van der Waals surface area contributed by atoms with E-state index in [4.69, 9.17) is 15.2 Å². The van der Waals surface area contributed by atoms with Crippen LogP contribution < -0.4 is 11.3 Å². The van der Waals surface area contributed by atoms with E-state index in [2.05, 4.69) is 9.97 Å². The molecule has 8 heteroatoms. The molecule has 114 valence electrons. The summed E-state index contributed by atoms with van der Waals surface area (Å²) < 4.78 is 10.9. The van der Waals surface area contributed by atoms with Crippen molar-refractivity contribution in [1.29, 1.82) is 0 Å². The molecule has 1 aromatic heterocycles. The lowest BCUT2D eigenvalue weighted by atomic mass is 10.00. The summed E-state index contributed by atoms with van der Waals surface area (Å²) in [5.41, 5.74) is 6.94. The van der Waals surface area contributed by atoms with Crippen LogP contribution in [0.15, 0.2) is 10.9 Å². The summed E-state index contributed by atoms with van der Waals surface area (Å²) in [6.07, 6.45) is -0.684. The number of aromatic amines is 1. The van der Waals surface area contributed by atoms with Crippen molar-refractivity contribution in [3.05, 3.63) is 27.7 Å². The lowest BCUT2D eigenvalue weighted by Gasteiger charge is -2.20. The summed E-state index contributed by atoms with van der Waals surface area (Å²) in [7, 11) is 1.46. The summed E-state index contributed by atoms with van der Waals surface area (Å²) in [6.45, 7) is -0.317. The number of methoxy groups -OCH3 is 1. The maximum atomic E-state index is 11.9. The van der Waals surface area contributed by atoms with Crippen LogP contribution in [0, 0.1) is 0 Å². The molecule has 1 saturated heterocycles. The summed E-state index contributed by atoms with van der Waals surface area (Å²) in [6, 6.07) is 0. The second kappa shape index (κ2) is 5.23. The lowest BCUT2D eigenvalue weighted by molar-refractivity contribution is -0.0149. The van der Waals surface area contributed by atoms with E-state index in [9.17, 15) is 15.0 Å². The number of ether oxygens (including phenoxy) is 2. The van der Waals surface area contributed by atoms with Gasteiger partial charge in [0.15, 0.2) is 0 Å². The van der Waals surface area contributed by atoms with Crippen LogP contribution in [0.1, 0.15) is 11.3 Å². The van der Waals surface area contributed by atoms with Crippen LogP contribution in [0.2, 0.25) is 0 Å². The van der Waals surface area contributed by atoms with E-state index in [1.807, 2.05) is 6.08 Å². The molecule has 0 bridgehead atoms. The normalized spacial score (nSPS) is 31.3. The van der Waals surface area contributed by atoms with E-state index < -0.39 is 24.4 Å². The first-order valence-corrected chi connectivity index (χ1v) is 6.63. The molecule has 0 aromatic carbocycles. The topological polar surface area (TPSA) is 131 Å². The molecule has 4 atom stereocenters. The third-order valence-corrected chi connectivity index (χ3v) is 3.93. The second-order valence-electron chi connectivity index (χ2n) is 5.11. The largest absolute Gasteiger partial charge is 0.394 e. The van der Waals surface area contributed by atoms with Gasteiger partial charge in [-0.25, -0.2) is 4.98 Å². The van der Waals surface area contributed by atoms with E-state index in [1.54, 1.807) is 0 Å². The highest BCUT2D eigenvalue weighted by Crippen LogP contribution is 2.36. The van der Waals surface area contributed by atoms with Crippen molar-refractivity contribution in [2.75, 3.05) is 19.5 Å². The Morgan fingerprint density at radius 2 is 2.38 bits per heavy atom. The molecular formula is C13H17N3O5. The van der Waals surface area contributed by atoms with Crippen molar-refractivity contribution >= 4 is 11.5 Å². The Kier molecular flexibility index (Phi) is 3.54. The van der Waals surface area contributed by atoms with Crippen molar-refractivity contribution < 1.29 is 19.7 Å². The molecule has 2 heterocycles. The number of nitrogens with two attached hydrogens (primary N) is 1. The van der Waals surface area contributed by atoms with Gasteiger partial charge in [-0.15, -0.1) is 0 Å². The molecule has 8 nitrogen and oxygen atoms in total. The molecular weight excluding hydrogens is 278 g/mol. The minimum Gasteiger partial charge on any atom is -0.394 e. The number of rotatable bonds is 3. The summed E-state index contributed by atoms with van der Waals surface area (Å²) in [4.78, 5) is 18.5. The van der Waals surface area contributed by atoms with Gasteiger partial charge in [0.1, 0.15) is 24.4 Å². The number of hydrogen-bond donors (Lipinski definition) is 4. The lowest BCUT2D eigenvalue weighted by Crippen LogP contribution is -2.36. The molecule has 0 amide bonds. The zero-order valence-electron chi connectivity index (χ0n) is 11.4. The number of nitrogen functional groups attached to an aromatic ring is 1. The Bertz CT molecular complexity index is 641. The van der Waals surface area contributed by atoms with Gasteiger partial charge in [0.2, 0.25) is 5.95 Å². The predicted molar refractivity (Wildman–Crippen MR) is 73.5 cm³/mol. The highest BCUT2D eigenvalue weighted by atomic mass is 16.6. The van der Waals surface area contributed by atoms with Crippen LogP contribution in [0.25, 0.3) is 5.57 Å². The number of nitrogens with one attached hydrogen (secondary N) is 1. The summed E-state index contributed by atoms with van der Waals surface area (Å²) in [5, 5.41) is 19.3. The van der Waals surface area contributed by atoms with Gasteiger partial charge in [0, 0.05) is 18.2 Å². The zero-order chi connectivity index (χ0) is 15.1. The average Bonchev–Trinajstić information content (AvgIpc) is 2.99. The molecule has 1 aliphatic heterocycles. The number of H-pyrrole nitrogens is 1. The van der Waals surface area contributed by atoms with Crippen molar-refractivity contribution in [3.8, 4) is 0 Å². The molecule has 1 aliphatic carbocycles. The average molecular weight is 295 g/mol. The van der Waals surface area contributed by atoms with Crippen LogP contribution in [0.4, 0.5) is 5.95 Å². The fourth-order valence-corrected chi connectivity index (χ4v) is 2.90. The number of hydrogen-bond acceptors (Lipinski definition) is 7. The third kappa shape index (κ3) is 2.16. The van der Waals surface area contributed by atoms with Gasteiger partial charge >= 0.3 is 0 Å². The van der Waals surface area contributed by atoms with E-state index in [1.165, 1.54) is 7.11 Å². The number of nitrogens with zero attached hydrogens (tertiary/aromatic N) is 1. The maximum Gasteiger partial charge on any atom is 0.256 e. The SMILES string of the molecule is CO[C@H]1C(O)[C@@H](CO)O[C@H]1C1=CCc2c1nc(N)[nH]c2=O. The first kappa shape index (κ1) is 14.2. The molecule has 21 heavy (non-hydrogen) atoms. The Labute approximate surface area is 120 Å².